The van der Waals surface area contributed by atoms with Crippen molar-refractivity contribution in [2.24, 2.45) is 5.92 Å². The monoisotopic (exact) mass is 241 g/mol. The fourth-order valence-corrected chi connectivity index (χ4v) is 2.09. The van der Waals surface area contributed by atoms with Crippen LogP contribution in [-0.2, 0) is 23.9 Å². The molecule has 0 bridgehead atoms. The lowest BCUT2D eigenvalue weighted by Crippen LogP contribution is -2.34. The maximum absolute atomic E-state index is 11.0. The molecular formula is C12H17O5. The number of hydrogen-bond acceptors (Lipinski definition) is 5. The number of carbonyl (C=O) groups excluding carboxylic acids is 3. The molecule has 0 aromatic rings. The zero-order valence-corrected chi connectivity index (χ0v) is 10.1. The van der Waals surface area contributed by atoms with Gasteiger partial charge in [0.25, 0.3) is 0 Å². The molecule has 0 N–H and O–H groups in total. The molecule has 0 amide bonds. The third kappa shape index (κ3) is 4.54. The van der Waals surface area contributed by atoms with E-state index in [1.54, 1.807) is 0 Å². The van der Waals surface area contributed by atoms with Gasteiger partial charge in [-0.1, -0.05) is 0 Å². The van der Waals surface area contributed by atoms with Gasteiger partial charge in [-0.15, -0.1) is 0 Å². The molecule has 5 heteroatoms. The van der Waals surface area contributed by atoms with E-state index in [1.165, 1.54) is 13.8 Å². The molecule has 0 saturated heterocycles. The van der Waals surface area contributed by atoms with E-state index < -0.39 is 24.1 Å². The zero-order valence-electron chi connectivity index (χ0n) is 10.1. The predicted molar refractivity (Wildman–Crippen MR) is 58.8 cm³/mol. The molecular weight excluding hydrogens is 224 g/mol. The summed E-state index contributed by atoms with van der Waals surface area (Å²) in [4.78, 5) is 32.7. The molecule has 1 fully saturated rings. The van der Waals surface area contributed by atoms with Gasteiger partial charge in [-0.05, 0) is 25.7 Å². The lowest BCUT2D eigenvalue weighted by molar-refractivity contribution is -0.166. The summed E-state index contributed by atoms with van der Waals surface area (Å²) in [5, 5.41) is 0. The van der Waals surface area contributed by atoms with Crippen molar-refractivity contribution < 1.29 is 23.9 Å². The molecule has 1 radical (unpaired) electrons. The average Bonchev–Trinajstić information content (AvgIpc) is 2.40. The van der Waals surface area contributed by atoms with Crippen LogP contribution in [0.25, 0.3) is 0 Å². The van der Waals surface area contributed by atoms with Crippen LogP contribution in [0.15, 0.2) is 0 Å². The fraction of sp³-hybridized carbons (Fsp3) is 0.750. The van der Waals surface area contributed by atoms with Gasteiger partial charge >= 0.3 is 11.9 Å². The van der Waals surface area contributed by atoms with Gasteiger partial charge in [-0.3, -0.25) is 14.4 Å². The maximum Gasteiger partial charge on any atom is 0.303 e. The Kier molecular flexibility index (Phi) is 5.12. The van der Waals surface area contributed by atoms with Crippen LogP contribution in [0.1, 0.15) is 39.5 Å². The molecule has 0 aromatic carbocycles. The maximum atomic E-state index is 11.0. The molecule has 3 unspecified atom stereocenters. The van der Waals surface area contributed by atoms with E-state index in [0.717, 1.165) is 6.42 Å². The molecule has 95 valence electrons. The van der Waals surface area contributed by atoms with E-state index in [9.17, 15) is 14.4 Å². The topological polar surface area (TPSA) is 69.7 Å². The Morgan fingerprint density at radius 3 is 2.18 bits per heavy atom. The quantitative estimate of drug-likeness (QED) is 0.547. The van der Waals surface area contributed by atoms with Crippen LogP contribution in [0, 0.1) is 5.92 Å². The zero-order chi connectivity index (χ0) is 12.8. The Labute approximate surface area is 100 Å². The predicted octanol–water partition coefficient (Wildman–Crippen LogP) is 1.15. The number of ether oxygens (including phenoxy) is 2. The Balaban J connectivity index is 2.72. The summed E-state index contributed by atoms with van der Waals surface area (Å²) in [6.07, 6.45) is 3.39. The Morgan fingerprint density at radius 1 is 1.06 bits per heavy atom. The molecule has 0 aromatic heterocycles. The van der Waals surface area contributed by atoms with Crippen molar-refractivity contribution in [2.45, 2.75) is 51.7 Å². The van der Waals surface area contributed by atoms with Gasteiger partial charge < -0.3 is 9.47 Å². The lowest BCUT2D eigenvalue weighted by atomic mass is 10.0. The van der Waals surface area contributed by atoms with Gasteiger partial charge in [0.05, 0.1) is 0 Å². The van der Waals surface area contributed by atoms with Crippen LogP contribution in [0.2, 0.25) is 0 Å². The average molecular weight is 241 g/mol. The van der Waals surface area contributed by atoms with E-state index >= 15 is 0 Å². The summed E-state index contributed by atoms with van der Waals surface area (Å²) in [5.74, 6) is -1.08. The highest BCUT2D eigenvalue weighted by Gasteiger charge is 2.32. The number of rotatable bonds is 3. The second-order valence-electron chi connectivity index (χ2n) is 4.28. The third-order valence-electron chi connectivity index (χ3n) is 2.77. The minimum Gasteiger partial charge on any atom is -0.459 e. The minimum atomic E-state index is -0.537. The molecule has 1 saturated carbocycles. The Bertz CT molecular complexity index is 299. The van der Waals surface area contributed by atoms with Gasteiger partial charge in [0.2, 0.25) is 6.29 Å². The van der Waals surface area contributed by atoms with Crippen LogP contribution >= 0.6 is 0 Å². The summed E-state index contributed by atoms with van der Waals surface area (Å²) in [6, 6.07) is 0. The highest BCUT2D eigenvalue weighted by atomic mass is 16.6. The van der Waals surface area contributed by atoms with E-state index in [0.29, 0.717) is 19.3 Å². The first-order valence-corrected chi connectivity index (χ1v) is 5.75. The second kappa shape index (κ2) is 6.37. The highest BCUT2D eigenvalue weighted by Crippen LogP contribution is 2.26. The van der Waals surface area contributed by atoms with E-state index in [-0.39, 0.29) is 5.92 Å². The van der Waals surface area contributed by atoms with Gasteiger partial charge in [0.15, 0.2) is 0 Å². The molecule has 1 aliphatic rings. The SMILES string of the molecule is CC(=O)OC1CCCC([C]=O)CC1OC(C)=O. The first-order chi connectivity index (χ1) is 8.02. The van der Waals surface area contributed by atoms with Crippen molar-refractivity contribution in [2.75, 3.05) is 0 Å². The molecule has 0 aliphatic heterocycles. The summed E-state index contributed by atoms with van der Waals surface area (Å²) >= 11 is 0. The van der Waals surface area contributed by atoms with E-state index in [1.807, 2.05) is 6.29 Å². The molecule has 1 aliphatic carbocycles. The van der Waals surface area contributed by atoms with Crippen molar-refractivity contribution in [3.05, 3.63) is 0 Å². The number of esters is 2. The van der Waals surface area contributed by atoms with Gasteiger partial charge in [0, 0.05) is 19.8 Å². The number of hydrogen-bond donors (Lipinski definition) is 0. The van der Waals surface area contributed by atoms with Gasteiger partial charge in [-0.25, -0.2) is 0 Å². The van der Waals surface area contributed by atoms with Gasteiger partial charge in [-0.2, -0.15) is 0 Å². The van der Waals surface area contributed by atoms with E-state index in [4.69, 9.17) is 9.47 Å². The van der Waals surface area contributed by atoms with Crippen molar-refractivity contribution in [1.82, 2.24) is 0 Å². The molecule has 5 nitrogen and oxygen atoms in total. The summed E-state index contributed by atoms with van der Waals surface area (Å²) in [5.41, 5.74) is 0. The number of carbonyl (C=O) groups is 2. The van der Waals surface area contributed by atoms with Crippen LogP contribution < -0.4 is 0 Å². The van der Waals surface area contributed by atoms with Crippen LogP contribution in [0.3, 0.4) is 0 Å². The normalized spacial score (nSPS) is 28.9. The summed E-state index contributed by atoms with van der Waals surface area (Å²) in [7, 11) is 0. The van der Waals surface area contributed by atoms with Crippen molar-refractivity contribution in [3.8, 4) is 0 Å². The molecule has 0 heterocycles. The molecule has 1 rings (SSSR count). The Morgan fingerprint density at radius 2 is 1.65 bits per heavy atom. The first-order valence-electron chi connectivity index (χ1n) is 5.75. The molecule has 17 heavy (non-hydrogen) atoms. The first kappa shape index (κ1) is 13.7. The van der Waals surface area contributed by atoms with E-state index in [2.05, 4.69) is 0 Å². The summed E-state index contributed by atoms with van der Waals surface area (Å²) in [6.45, 7) is 2.62. The smallest absolute Gasteiger partial charge is 0.303 e. The van der Waals surface area contributed by atoms with Crippen LogP contribution in [-0.4, -0.2) is 30.4 Å². The van der Waals surface area contributed by atoms with Gasteiger partial charge in [0.1, 0.15) is 12.2 Å². The summed E-state index contributed by atoms with van der Waals surface area (Å²) < 4.78 is 10.3. The van der Waals surface area contributed by atoms with Crippen LogP contribution in [0.4, 0.5) is 0 Å². The van der Waals surface area contributed by atoms with Crippen LogP contribution in [0.5, 0.6) is 0 Å². The van der Waals surface area contributed by atoms with Crippen molar-refractivity contribution >= 4 is 18.2 Å². The largest absolute Gasteiger partial charge is 0.459 e. The minimum absolute atomic E-state index is 0.250. The molecule has 0 spiro atoms. The highest BCUT2D eigenvalue weighted by molar-refractivity contribution is 5.67. The fourth-order valence-electron chi connectivity index (χ4n) is 2.09. The second-order valence-corrected chi connectivity index (χ2v) is 4.28. The van der Waals surface area contributed by atoms with Crippen molar-refractivity contribution in [1.29, 1.82) is 0 Å². The van der Waals surface area contributed by atoms with Crippen molar-refractivity contribution in [3.63, 3.8) is 0 Å². The standard InChI is InChI=1S/C12H17O5/c1-8(14)16-11-5-3-4-10(7-13)6-12(11)17-9(2)15/h10-12H,3-6H2,1-2H3. The third-order valence-corrected chi connectivity index (χ3v) is 2.77. The Hall–Kier alpha value is -1.39. The molecule has 3 atom stereocenters. The lowest BCUT2D eigenvalue weighted by Gasteiger charge is -2.24.